The van der Waals surface area contributed by atoms with Gasteiger partial charge >= 0.3 is 5.97 Å². The number of nitrogens with one attached hydrogen (secondary N) is 1. The molecule has 1 fully saturated rings. The number of nitrogens with zero attached hydrogens (tertiary/aromatic N) is 2. The third kappa shape index (κ3) is 5.48. The molecule has 0 saturated carbocycles. The average molecular weight is 398 g/mol. The summed E-state index contributed by atoms with van der Waals surface area (Å²) in [5.74, 6) is -0.620. The van der Waals surface area contributed by atoms with Crippen LogP contribution >= 0.6 is 0 Å². The Labute approximate surface area is 172 Å². The van der Waals surface area contributed by atoms with Crippen molar-refractivity contribution in [2.24, 2.45) is 13.0 Å². The van der Waals surface area contributed by atoms with Crippen LogP contribution in [0.4, 0.5) is 0 Å². The maximum Gasteiger partial charge on any atom is 0.337 e. The summed E-state index contributed by atoms with van der Waals surface area (Å²) >= 11 is 0. The quantitative estimate of drug-likeness (QED) is 0.753. The number of likely N-dealkylation sites (tertiary alicyclic amines) is 1. The van der Waals surface area contributed by atoms with E-state index in [-0.39, 0.29) is 17.9 Å². The van der Waals surface area contributed by atoms with Gasteiger partial charge in [0.1, 0.15) is 0 Å². The summed E-state index contributed by atoms with van der Waals surface area (Å²) in [6.07, 6.45) is 3.99. The SMILES string of the molecule is Cc1ccc(CN2CCC(CNC(=O)Cc3c(C(=O)O)c(C)cn3C)CC2)cc1. The monoisotopic (exact) mass is 397 g/mol. The highest BCUT2D eigenvalue weighted by molar-refractivity contribution is 5.93. The number of carboxylic acid groups (broad SMARTS) is 1. The van der Waals surface area contributed by atoms with Gasteiger partial charge in [-0.1, -0.05) is 29.8 Å². The van der Waals surface area contributed by atoms with Crippen molar-refractivity contribution >= 4 is 11.9 Å². The molecule has 0 atom stereocenters. The summed E-state index contributed by atoms with van der Waals surface area (Å²) in [5.41, 5.74) is 4.11. The molecular formula is C23H31N3O3. The number of aromatic nitrogens is 1. The van der Waals surface area contributed by atoms with Crippen molar-refractivity contribution in [1.82, 2.24) is 14.8 Å². The van der Waals surface area contributed by atoms with Crippen LogP contribution in [0.5, 0.6) is 0 Å². The second-order valence-corrected chi connectivity index (χ2v) is 8.24. The van der Waals surface area contributed by atoms with E-state index in [0.717, 1.165) is 32.5 Å². The topological polar surface area (TPSA) is 74.6 Å². The molecule has 0 unspecified atom stereocenters. The van der Waals surface area contributed by atoms with Crippen molar-refractivity contribution in [1.29, 1.82) is 0 Å². The Hall–Kier alpha value is -2.60. The predicted octanol–water partition coefficient (Wildman–Crippen LogP) is 2.91. The number of aromatic carboxylic acids is 1. The average Bonchev–Trinajstić information content (AvgIpc) is 2.96. The summed E-state index contributed by atoms with van der Waals surface area (Å²) in [6, 6.07) is 8.69. The van der Waals surface area contributed by atoms with Crippen molar-refractivity contribution in [2.75, 3.05) is 19.6 Å². The van der Waals surface area contributed by atoms with Crippen LogP contribution in [0.2, 0.25) is 0 Å². The Morgan fingerprint density at radius 3 is 2.41 bits per heavy atom. The van der Waals surface area contributed by atoms with Gasteiger partial charge in [-0.2, -0.15) is 0 Å². The lowest BCUT2D eigenvalue weighted by molar-refractivity contribution is -0.120. The summed E-state index contributed by atoms with van der Waals surface area (Å²) in [4.78, 5) is 26.3. The molecule has 6 heteroatoms. The lowest BCUT2D eigenvalue weighted by Gasteiger charge is -2.32. The molecule has 2 aromatic rings. The van der Waals surface area contributed by atoms with Crippen LogP contribution in [0, 0.1) is 19.8 Å². The number of rotatable bonds is 7. The second kappa shape index (κ2) is 9.27. The van der Waals surface area contributed by atoms with Gasteiger partial charge in [-0.05, 0) is 56.8 Å². The van der Waals surface area contributed by atoms with E-state index in [2.05, 4.69) is 41.4 Å². The van der Waals surface area contributed by atoms with E-state index in [1.54, 1.807) is 24.7 Å². The Bertz CT molecular complexity index is 862. The van der Waals surface area contributed by atoms with Crippen molar-refractivity contribution < 1.29 is 14.7 Å². The molecular weight excluding hydrogens is 366 g/mol. The van der Waals surface area contributed by atoms with E-state index in [4.69, 9.17) is 0 Å². The second-order valence-electron chi connectivity index (χ2n) is 8.24. The number of amides is 1. The summed E-state index contributed by atoms with van der Waals surface area (Å²) in [7, 11) is 1.78. The predicted molar refractivity (Wildman–Crippen MR) is 113 cm³/mol. The van der Waals surface area contributed by atoms with E-state index in [1.807, 2.05) is 0 Å². The maximum absolute atomic E-state index is 12.4. The largest absolute Gasteiger partial charge is 0.478 e. The first kappa shape index (κ1) is 21.1. The van der Waals surface area contributed by atoms with Crippen molar-refractivity contribution in [3.05, 3.63) is 58.4 Å². The normalized spacial score (nSPS) is 15.4. The minimum Gasteiger partial charge on any atom is -0.478 e. The maximum atomic E-state index is 12.4. The van der Waals surface area contributed by atoms with Gasteiger partial charge in [-0.15, -0.1) is 0 Å². The molecule has 2 heterocycles. The molecule has 1 amide bonds. The highest BCUT2D eigenvalue weighted by Crippen LogP contribution is 2.20. The summed E-state index contributed by atoms with van der Waals surface area (Å²) in [5, 5.41) is 12.4. The number of benzene rings is 1. The molecule has 6 nitrogen and oxygen atoms in total. The van der Waals surface area contributed by atoms with E-state index in [0.29, 0.717) is 23.7 Å². The molecule has 2 N–H and O–H groups in total. The zero-order chi connectivity index (χ0) is 21.0. The van der Waals surface area contributed by atoms with E-state index < -0.39 is 5.97 Å². The Morgan fingerprint density at radius 2 is 1.79 bits per heavy atom. The third-order valence-corrected chi connectivity index (χ3v) is 5.86. The van der Waals surface area contributed by atoms with Crippen LogP contribution in [0.25, 0.3) is 0 Å². The van der Waals surface area contributed by atoms with Crippen LogP contribution in [0.15, 0.2) is 30.5 Å². The van der Waals surface area contributed by atoms with Crippen molar-refractivity contribution in [3.8, 4) is 0 Å². The van der Waals surface area contributed by atoms with Gasteiger partial charge in [0.15, 0.2) is 0 Å². The third-order valence-electron chi connectivity index (χ3n) is 5.86. The smallest absolute Gasteiger partial charge is 0.337 e. The molecule has 29 heavy (non-hydrogen) atoms. The summed E-state index contributed by atoms with van der Waals surface area (Å²) < 4.78 is 1.74. The standard InChI is InChI=1S/C23H31N3O3/c1-16-4-6-19(7-5-16)15-26-10-8-18(9-11-26)13-24-21(27)12-20-22(23(28)29)17(2)14-25(20)3/h4-7,14,18H,8-13,15H2,1-3H3,(H,24,27)(H,28,29). The van der Waals surface area contributed by atoms with Gasteiger partial charge in [-0.25, -0.2) is 4.79 Å². The van der Waals surface area contributed by atoms with Crippen LogP contribution < -0.4 is 5.32 Å². The molecule has 0 radical (unpaired) electrons. The molecule has 1 aliphatic heterocycles. The lowest BCUT2D eigenvalue weighted by atomic mass is 9.96. The number of carbonyl (C=O) groups is 2. The molecule has 0 bridgehead atoms. The Morgan fingerprint density at radius 1 is 1.14 bits per heavy atom. The fourth-order valence-electron chi connectivity index (χ4n) is 4.12. The molecule has 1 aromatic heterocycles. The number of carbonyl (C=O) groups excluding carboxylic acids is 1. The van der Waals surface area contributed by atoms with Gasteiger partial charge in [0, 0.05) is 32.0 Å². The zero-order valence-corrected chi connectivity index (χ0v) is 17.6. The highest BCUT2D eigenvalue weighted by Gasteiger charge is 2.22. The fourth-order valence-corrected chi connectivity index (χ4v) is 4.12. The molecule has 156 valence electrons. The first-order valence-corrected chi connectivity index (χ1v) is 10.3. The Kier molecular flexibility index (Phi) is 6.75. The number of aryl methyl sites for hydroxylation is 3. The van der Waals surface area contributed by atoms with E-state index in [9.17, 15) is 14.7 Å². The molecule has 0 spiro atoms. The van der Waals surface area contributed by atoms with E-state index >= 15 is 0 Å². The van der Waals surface area contributed by atoms with Crippen LogP contribution in [-0.4, -0.2) is 46.1 Å². The number of hydrogen-bond donors (Lipinski definition) is 2. The summed E-state index contributed by atoms with van der Waals surface area (Å²) in [6.45, 7) is 7.57. The van der Waals surface area contributed by atoms with Crippen LogP contribution in [0.1, 0.15) is 45.6 Å². The first-order valence-electron chi connectivity index (χ1n) is 10.3. The van der Waals surface area contributed by atoms with E-state index in [1.165, 1.54) is 11.1 Å². The van der Waals surface area contributed by atoms with Crippen LogP contribution in [0.3, 0.4) is 0 Å². The molecule has 1 aromatic carbocycles. The zero-order valence-electron chi connectivity index (χ0n) is 17.6. The van der Waals surface area contributed by atoms with Gasteiger partial charge in [0.25, 0.3) is 0 Å². The number of carboxylic acids is 1. The van der Waals surface area contributed by atoms with Crippen molar-refractivity contribution in [2.45, 2.75) is 39.7 Å². The lowest BCUT2D eigenvalue weighted by Crippen LogP contribution is -2.38. The minimum atomic E-state index is -0.980. The first-order chi connectivity index (χ1) is 13.8. The minimum absolute atomic E-state index is 0.0955. The fraction of sp³-hybridized carbons (Fsp3) is 0.478. The molecule has 0 aliphatic carbocycles. The molecule has 1 saturated heterocycles. The molecule has 3 rings (SSSR count). The van der Waals surface area contributed by atoms with Gasteiger partial charge in [0.2, 0.25) is 5.91 Å². The van der Waals surface area contributed by atoms with Gasteiger partial charge in [-0.3, -0.25) is 9.69 Å². The van der Waals surface area contributed by atoms with Crippen molar-refractivity contribution in [3.63, 3.8) is 0 Å². The van der Waals surface area contributed by atoms with Crippen LogP contribution in [-0.2, 0) is 24.8 Å². The van der Waals surface area contributed by atoms with Gasteiger partial charge in [0.05, 0.1) is 12.0 Å². The molecule has 1 aliphatic rings. The highest BCUT2D eigenvalue weighted by atomic mass is 16.4. The Balaban J connectivity index is 1.44. The number of piperidine rings is 1. The van der Waals surface area contributed by atoms with Gasteiger partial charge < -0.3 is 15.0 Å². The number of hydrogen-bond acceptors (Lipinski definition) is 3.